The second kappa shape index (κ2) is 5.40. The maximum absolute atomic E-state index is 11.8. The van der Waals surface area contributed by atoms with Gasteiger partial charge in [0.15, 0.2) is 5.13 Å². The number of aromatic nitrogens is 3. The summed E-state index contributed by atoms with van der Waals surface area (Å²) in [6, 6.07) is 0. The van der Waals surface area contributed by atoms with Gasteiger partial charge in [0, 0.05) is 30.2 Å². The van der Waals surface area contributed by atoms with Crippen LogP contribution in [0.25, 0.3) is 0 Å². The zero-order valence-corrected chi connectivity index (χ0v) is 12.0. The van der Waals surface area contributed by atoms with E-state index in [4.69, 9.17) is 5.73 Å². The van der Waals surface area contributed by atoms with Crippen LogP contribution in [0.5, 0.6) is 0 Å². The Morgan fingerprint density at radius 1 is 1.53 bits per heavy atom. The maximum Gasteiger partial charge on any atom is 0.226 e. The van der Waals surface area contributed by atoms with Crippen molar-refractivity contribution in [3.8, 4) is 0 Å². The van der Waals surface area contributed by atoms with Gasteiger partial charge in [-0.1, -0.05) is 0 Å². The number of amides is 1. The van der Waals surface area contributed by atoms with Gasteiger partial charge >= 0.3 is 0 Å². The predicted octanol–water partition coefficient (Wildman–Crippen LogP) is 0.935. The first-order valence-electron chi connectivity index (χ1n) is 5.93. The fraction of sp³-hybridized carbons (Fsp3) is 0.417. The van der Waals surface area contributed by atoms with Crippen LogP contribution in [0, 0.1) is 13.8 Å². The van der Waals surface area contributed by atoms with Gasteiger partial charge in [-0.3, -0.25) is 9.48 Å². The Morgan fingerprint density at radius 3 is 2.79 bits per heavy atom. The van der Waals surface area contributed by atoms with Gasteiger partial charge < -0.3 is 11.1 Å². The number of thiazole rings is 1. The molecule has 3 N–H and O–H groups in total. The minimum Gasteiger partial charge on any atom is -0.375 e. The summed E-state index contributed by atoms with van der Waals surface area (Å²) in [6.45, 7) is 4.42. The highest BCUT2D eigenvalue weighted by atomic mass is 32.1. The SMILES string of the molecule is Cc1nn(C)c(C)c1CNC(=O)Cc1csc(N)n1. The van der Waals surface area contributed by atoms with E-state index in [1.54, 1.807) is 5.38 Å². The topological polar surface area (TPSA) is 85.8 Å². The van der Waals surface area contributed by atoms with Crippen molar-refractivity contribution in [3.05, 3.63) is 28.0 Å². The number of nitrogen functional groups attached to an aromatic ring is 1. The summed E-state index contributed by atoms with van der Waals surface area (Å²) in [4.78, 5) is 15.9. The molecule has 6 nitrogen and oxygen atoms in total. The minimum atomic E-state index is -0.0621. The lowest BCUT2D eigenvalue weighted by Gasteiger charge is -2.04. The van der Waals surface area contributed by atoms with Gasteiger partial charge in [0.05, 0.1) is 17.8 Å². The van der Waals surface area contributed by atoms with Gasteiger partial charge in [0.25, 0.3) is 0 Å². The van der Waals surface area contributed by atoms with E-state index in [1.165, 1.54) is 11.3 Å². The zero-order valence-electron chi connectivity index (χ0n) is 11.2. The normalized spacial score (nSPS) is 10.7. The highest BCUT2D eigenvalue weighted by molar-refractivity contribution is 7.13. The quantitative estimate of drug-likeness (QED) is 0.872. The number of anilines is 1. The van der Waals surface area contributed by atoms with E-state index in [-0.39, 0.29) is 12.3 Å². The number of nitrogens with one attached hydrogen (secondary N) is 1. The van der Waals surface area contributed by atoms with Gasteiger partial charge in [0.2, 0.25) is 5.91 Å². The molecular formula is C12H17N5OS. The summed E-state index contributed by atoms with van der Waals surface area (Å²) in [5, 5.41) is 9.49. The first kappa shape index (κ1) is 13.5. The van der Waals surface area contributed by atoms with Crippen LogP contribution in [0.2, 0.25) is 0 Å². The third kappa shape index (κ3) is 3.11. The Kier molecular flexibility index (Phi) is 3.84. The molecule has 19 heavy (non-hydrogen) atoms. The van der Waals surface area contributed by atoms with Crippen molar-refractivity contribution in [1.82, 2.24) is 20.1 Å². The van der Waals surface area contributed by atoms with Crippen LogP contribution in [-0.4, -0.2) is 20.7 Å². The molecule has 0 bridgehead atoms. The Balaban J connectivity index is 1.93. The Labute approximate surface area is 115 Å². The van der Waals surface area contributed by atoms with Crippen molar-refractivity contribution in [1.29, 1.82) is 0 Å². The molecule has 0 fully saturated rings. The van der Waals surface area contributed by atoms with Crippen molar-refractivity contribution in [2.24, 2.45) is 7.05 Å². The number of nitrogens with two attached hydrogens (primary N) is 1. The van der Waals surface area contributed by atoms with Gasteiger partial charge in [-0.25, -0.2) is 4.98 Å². The molecule has 2 aromatic heterocycles. The highest BCUT2D eigenvalue weighted by Gasteiger charge is 2.11. The van der Waals surface area contributed by atoms with Crippen molar-refractivity contribution < 1.29 is 4.79 Å². The van der Waals surface area contributed by atoms with E-state index >= 15 is 0 Å². The van der Waals surface area contributed by atoms with E-state index in [0.29, 0.717) is 17.4 Å². The molecule has 2 rings (SSSR count). The number of hydrogen-bond acceptors (Lipinski definition) is 5. The van der Waals surface area contributed by atoms with Crippen molar-refractivity contribution >= 4 is 22.4 Å². The standard InChI is InChI=1S/C12H17N5OS/c1-7-10(8(2)17(3)16-7)5-14-11(18)4-9-6-19-12(13)15-9/h6H,4-5H2,1-3H3,(H2,13,15)(H,14,18). The molecule has 0 atom stereocenters. The van der Waals surface area contributed by atoms with Gasteiger partial charge in [0.1, 0.15) is 0 Å². The predicted molar refractivity (Wildman–Crippen MR) is 74.8 cm³/mol. The fourth-order valence-corrected chi connectivity index (χ4v) is 2.45. The summed E-state index contributed by atoms with van der Waals surface area (Å²) in [5.41, 5.74) is 9.31. The van der Waals surface area contributed by atoms with Gasteiger partial charge in [-0.2, -0.15) is 5.10 Å². The summed E-state index contributed by atoms with van der Waals surface area (Å²) in [7, 11) is 1.89. The lowest BCUT2D eigenvalue weighted by atomic mass is 10.2. The molecule has 1 amide bonds. The highest BCUT2D eigenvalue weighted by Crippen LogP contribution is 2.13. The molecule has 7 heteroatoms. The lowest BCUT2D eigenvalue weighted by Crippen LogP contribution is -2.25. The minimum absolute atomic E-state index is 0.0621. The summed E-state index contributed by atoms with van der Waals surface area (Å²) < 4.78 is 1.82. The molecule has 0 aliphatic carbocycles. The Bertz CT molecular complexity index is 601. The summed E-state index contributed by atoms with van der Waals surface area (Å²) >= 11 is 1.34. The second-order valence-electron chi connectivity index (χ2n) is 4.40. The van der Waals surface area contributed by atoms with Gasteiger partial charge in [-0.05, 0) is 13.8 Å². The summed E-state index contributed by atoms with van der Waals surface area (Å²) in [5.74, 6) is -0.0621. The average Bonchev–Trinajstić information content (AvgIpc) is 2.83. The number of hydrogen-bond donors (Lipinski definition) is 2. The number of rotatable bonds is 4. The van der Waals surface area contributed by atoms with Crippen LogP contribution < -0.4 is 11.1 Å². The van der Waals surface area contributed by atoms with Crippen molar-refractivity contribution in [3.63, 3.8) is 0 Å². The molecule has 2 heterocycles. The van der Waals surface area contributed by atoms with E-state index in [9.17, 15) is 4.79 Å². The largest absolute Gasteiger partial charge is 0.375 e. The smallest absolute Gasteiger partial charge is 0.226 e. The van der Waals surface area contributed by atoms with E-state index in [0.717, 1.165) is 17.0 Å². The van der Waals surface area contributed by atoms with Crippen LogP contribution in [0.1, 0.15) is 22.6 Å². The molecule has 2 aromatic rings. The van der Waals surface area contributed by atoms with E-state index in [1.807, 2.05) is 25.6 Å². The average molecular weight is 279 g/mol. The number of aryl methyl sites for hydroxylation is 2. The fourth-order valence-electron chi connectivity index (χ4n) is 1.89. The molecule has 0 saturated carbocycles. The molecule has 0 aliphatic heterocycles. The number of nitrogens with zero attached hydrogens (tertiary/aromatic N) is 3. The lowest BCUT2D eigenvalue weighted by molar-refractivity contribution is -0.120. The number of carbonyl (C=O) groups is 1. The van der Waals surface area contributed by atoms with Crippen LogP contribution in [0.4, 0.5) is 5.13 Å². The zero-order chi connectivity index (χ0) is 14.0. The first-order valence-corrected chi connectivity index (χ1v) is 6.81. The van der Waals surface area contributed by atoms with Crippen molar-refractivity contribution in [2.45, 2.75) is 26.8 Å². The molecule has 0 spiro atoms. The second-order valence-corrected chi connectivity index (χ2v) is 5.29. The van der Waals surface area contributed by atoms with Crippen LogP contribution in [0.3, 0.4) is 0 Å². The maximum atomic E-state index is 11.8. The monoisotopic (exact) mass is 279 g/mol. The molecule has 0 aromatic carbocycles. The molecule has 0 unspecified atom stereocenters. The van der Waals surface area contributed by atoms with Crippen LogP contribution >= 0.6 is 11.3 Å². The molecule has 0 aliphatic rings. The molecular weight excluding hydrogens is 262 g/mol. The summed E-state index contributed by atoms with van der Waals surface area (Å²) in [6.07, 6.45) is 0.256. The van der Waals surface area contributed by atoms with Gasteiger partial charge in [-0.15, -0.1) is 11.3 Å². The molecule has 0 radical (unpaired) electrons. The molecule has 102 valence electrons. The third-order valence-corrected chi connectivity index (χ3v) is 3.76. The number of carbonyl (C=O) groups excluding carboxylic acids is 1. The van der Waals surface area contributed by atoms with E-state index < -0.39 is 0 Å². The molecule has 0 saturated heterocycles. The van der Waals surface area contributed by atoms with E-state index in [2.05, 4.69) is 15.4 Å². The van der Waals surface area contributed by atoms with Crippen LogP contribution in [-0.2, 0) is 24.8 Å². The third-order valence-electron chi connectivity index (χ3n) is 3.03. The first-order chi connectivity index (χ1) is 8.97. The Morgan fingerprint density at radius 2 is 2.26 bits per heavy atom. The van der Waals surface area contributed by atoms with Crippen molar-refractivity contribution in [2.75, 3.05) is 5.73 Å². The Hall–Kier alpha value is -1.89. The van der Waals surface area contributed by atoms with Crippen LogP contribution in [0.15, 0.2) is 5.38 Å².